The Balaban J connectivity index is 2.55. The molecule has 0 bridgehead atoms. The zero-order valence-corrected chi connectivity index (χ0v) is 8.29. The minimum absolute atomic E-state index is 0.208. The van der Waals surface area contributed by atoms with Crippen LogP contribution in [0.3, 0.4) is 0 Å². The highest BCUT2D eigenvalue weighted by molar-refractivity contribution is 6.00. The molecule has 0 radical (unpaired) electrons. The number of rotatable bonds is 0. The van der Waals surface area contributed by atoms with Gasteiger partial charge in [0.2, 0.25) is 0 Å². The van der Waals surface area contributed by atoms with Gasteiger partial charge in [0.1, 0.15) is 5.69 Å². The molecule has 0 saturated heterocycles. The maximum Gasteiger partial charge on any atom is 0.186 e. The van der Waals surface area contributed by atoms with Gasteiger partial charge in [-0.05, 0) is 12.8 Å². The Morgan fingerprint density at radius 3 is 2.92 bits per heavy atom. The topological polar surface area (TPSA) is 34.9 Å². The van der Waals surface area contributed by atoms with E-state index in [1.807, 2.05) is 27.1 Å². The number of fused-ring (bicyclic) bond motifs is 1. The third-order valence-electron chi connectivity index (χ3n) is 2.86. The summed E-state index contributed by atoms with van der Waals surface area (Å²) in [5.74, 6) is 0.230. The summed E-state index contributed by atoms with van der Waals surface area (Å²) in [6.45, 7) is 4.01. The third-order valence-corrected chi connectivity index (χ3v) is 2.86. The van der Waals surface area contributed by atoms with Crippen LogP contribution in [0.1, 0.15) is 36.3 Å². The van der Waals surface area contributed by atoms with Crippen molar-refractivity contribution >= 4 is 5.78 Å². The fraction of sp³-hybridized carbons (Fsp3) is 0.600. The lowest BCUT2D eigenvalue weighted by molar-refractivity contribution is 0.0800. The Hall–Kier alpha value is -1.12. The van der Waals surface area contributed by atoms with Crippen molar-refractivity contribution < 1.29 is 4.79 Å². The average Bonchev–Trinajstić information content (AvgIpc) is 2.41. The first-order valence-electron chi connectivity index (χ1n) is 4.58. The predicted octanol–water partition coefficient (Wildman–Crippen LogP) is 1.58. The fourth-order valence-electron chi connectivity index (χ4n) is 1.84. The molecule has 1 heterocycles. The van der Waals surface area contributed by atoms with Gasteiger partial charge in [-0.2, -0.15) is 5.10 Å². The summed E-state index contributed by atoms with van der Waals surface area (Å²) in [6.07, 6.45) is 3.72. The molecule has 0 amide bonds. The summed E-state index contributed by atoms with van der Waals surface area (Å²) < 4.78 is 1.69. The quantitative estimate of drug-likeness (QED) is 0.604. The van der Waals surface area contributed by atoms with Gasteiger partial charge in [0.15, 0.2) is 5.78 Å². The first-order chi connectivity index (χ1) is 6.02. The van der Waals surface area contributed by atoms with Crippen molar-refractivity contribution in [1.29, 1.82) is 0 Å². The van der Waals surface area contributed by atoms with Crippen LogP contribution in [0.2, 0.25) is 0 Å². The fourth-order valence-corrected chi connectivity index (χ4v) is 1.84. The van der Waals surface area contributed by atoms with Crippen LogP contribution in [-0.2, 0) is 13.5 Å². The third kappa shape index (κ3) is 1.10. The number of Topliss-reactive ketones (excluding diaryl/α,β-unsaturated/α-hetero) is 1. The van der Waals surface area contributed by atoms with Crippen LogP contribution >= 0.6 is 0 Å². The van der Waals surface area contributed by atoms with Crippen LogP contribution in [-0.4, -0.2) is 15.6 Å². The van der Waals surface area contributed by atoms with Crippen molar-refractivity contribution in [3.8, 4) is 0 Å². The van der Waals surface area contributed by atoms with Gasteiger partial charge in [-0.15, -0.1) is 0 Å². The molecule has 3 heteroatoms. The second-order valence-electron chi connectivity index (χ2n) is 4.36. The van der Waals surface area contributed by atoms with E-state index in [1.54, 1.807) is 4.68 Å². The van der Waals surface area contributed by atoms with Crippen molar-refractivity contribution in [3.63, 3.8) is 0 Å². The second-order valence-corrected chi connectivity index (χ2v) is 4.36. The molecule has 1 aliphatic carbocycles. The number of carbonyl (C=O) groups excluding carboxylic acids is 1. The zero-order chi connectivity index (χ0) is 9.64. The summed E-state index contributed by atoms with van der Waals surface area (Å²) in [7, 11) is 1.83. The molecule has 0 N–H and O–H groups in total. The van der Waals surface area contributed by atoms with Crippen molar-refractivity contribution in [2.75, 3.05) is 0 Å². The van der Waals surface area contributed by atoms with Crippen LogP contribution in [0.25, 0.3) is 0 Å². The summed E-state index contributed by atoms with van der Waals surface area (Å²) in [4.78, 5) is 12.0. The van der Waals surface area contributed by atoms with E-state index in [-0.39, 0.29) is 11.2 Å². The molecule has 0 aromatic carbocycles. The standard InChI is InChI=1S/C10H14N2O/c1-10(2)5-4-7-6-11-12(3)8(7)9(10)13/h6H,4-5H2,1-3H3. The lowest BCUT2D eigenvalue weighted by Crippen LogP contribution is -2.31. The molecule has 1 aliphatic rings. The van der Waals surface area contributed by atoms with Gasteiger partial charge in [0.05, 0.1) is 6.20 Å². The molecule has 1 aromatic rings. The molecule has 0 unspecified atom stereocenters. The zero-order valence-electron chi connectivity index (χ0n) is 8.29. The Morgan fingerprint density at radius 1 is 1.54 bits per heavy atom. The lowest BCUT2D eigenvalue weighted by atomic mass is 9.76. The number of hydrogen-bond donors (Lipinski definition) is 0. The number of aromatic nitrogens is 2. The van der Waals surface area contributed by atoms with E-state index in [4.69, 9.17) is 0 Å². The molecular weight excluding hydrogens is 164 g/mol. The Bertz CT molecular complexity index is 363. The summed E-state index contributed by atoms with van der Waals surface area (Å²) in [5.41, 5.74) is 1.70. The van der Waals surface area contributed by atoms with Crippen molar-refractivity contribution in [1.82, 2.24) is 9.78 Å². The molecule has 0 atom stereocenters. The lowest BCUT2D eigenvalue weighted by Gasteiger charge is -2.27. The Labute approximate surface area is 77.7 Å². The van der Waals surface area contributed by atoms with Crippen LogP contribution in [0.4, 0.5) is 0 Å². The molecule has 70 valence electrons. The molecule has 0 fully saturated rings. The molecule has 1 aromatic heterocycles. The molecule has 13 heavy (non-hydrogen) atoms. The van der Waals surface area contributed by atoms with Crippen molar-refractivity contribution in [2.24, 2.45) is 12.5 Å². The molecule has 0 saturated carbocycles. The van der Waals surface area contributed by atoms with Crippen LogP contribution in [0.15, 0.2) is 6.20 Å². The molecule has 2 rings (SSSR count). The largest absolute Gasteiger partial charge is 0.292 e. The van der Waals surface area contributed by atoms with Gasteiger partial charge in [0.25, 0.3) is 0 Å². The highest BCUT2D eigenvalue weighted by Gasteiger charge is 2.36. The van der Waals surface area contributed by atoms with Gasteiger partial charge in [-0.3, -0.25) is 9.48 Å². The van der Waals surface area contributed by atoms with Crippen LogP contribution < -0.4 is 0 Å². The molecular formula is C10H14N2O. The minimum Gasteiger partial charge on any atom is -0.292 e. The van der Waals surface area contributed by atoms with E-state index in [9.17, 15) is 4.79 Å². The highest BCUT2D eigenvalue weighted by atomic mass is 16.1. The van der Waals surface area contributed by atoms with E-state index < -0.39 is 0 Å². The second kappa shape index (κ2) is 2.44. The Morgan fingerprint density at radius 2 is 2.23 bits per heavy atom. The minimum atomic E-state index is -0.208. The maximum absolute atomic E-state index is 12.0. The summed E-state index contributed by atoms with van der Waals surface area (Å²) in [6, 6.07) is 0. The Kier molecular flexibility index (Phi) is 1.59. The molecule has 0 spiro atoms. The number of carbonyl (C=O) groups is 1. The number of aryl methyl sites for hydroxylation is 2. The van der Waals surface area contributed by atoms with E-state index in [0.29, 0.717) is 0 Å². The van der Waals surface area contributed by atoms with E-state index in [0.717, 1.165) is 24.1 Å². The van der Waals surface area contributed by atoms with Gasteiger partial charge in [-0.25, -0.2) is 0 Å². The van der Waals surface area contributed by atoms with E-state index in [2.05, 4.69) is 5.10 Å². The SMILES string of the molecule is Cn1ncc2c1C(=O)C(C)(C)CC2. The van der Waals surface area contributed by atoms with Crippen LogP contribution in [0, 0.1) is 5.41 Å². The summed E-state index contributed by atoms with van der Waals surface area (Å²) in [5, 5.41) is 4.11. The van der Waals surface area contributed by atoms with E-state index >= 15 is 0 Å². The van der Waals surface area contributed by atoms with Gasteiger partial charge in [-0.1, -0.05) is 13.8 Å². The maximum atomic E-state index is 12.0. The van der Waals surface area contributed by atoms with Gasteiger partial charge < -0.3 is 0 Å². The number of ketones is 1. The monoisotopic (exact) mass is 178 g/mol. The first kappa shape index (κ1) is 8.48. The number of nitrogens with zero attached hydrogens (tertiary/aromatic N) is 2. The van der Waals surface area contributed by atoms with Crippen LogP contribution in [0.5, 0.6) is 0 Å². The van der Waals surface area contributed by atoms with Gasteiger partial charge in [0, 0.05) is 18.0 Å². The smallest absolute Gasteiger partial charge is 0.186 e. The first-order valence-corrected chi connectivity index (χ1v) is 4.58. The molecule has 0 aliphatic heterocycles. The predicted molar refractivity (Wildman–Crippen MR) is 49.6 cm³/mol. The van der Waals surface area contributed by atoms with E-state index in [1.165, 1.54) is 0 Å². The van der Waals surface area contributed by atoms with Gasteiger partial charge >= 0.3 is 0 Å². The average molecular weight is 178 g/mol. The number of hydrogen-bond acceptors (Lipinski definition) is 2. The normalized spacial score (nSPS) is 20.1. The van der Waals surface area contributed by atoms with Crippen molar-refractivity contribution in [3.05, 3.63) is 17.5 Å². The molecule has 3 nitrogen and oxygen atoms in total. The highest BCUT2D eigenvalue weighted by Crippen LogP contribution is 2.33. The van der Waals surface area contributed by atoms with Crippen molar-refractivity contribution in [2.45, 2.75) is 26.7 Å². The summed E-state index contributed by atoms with van der Waals surface area (Å²) >= 11 is 0.